The second-order valence-corrected chi connectivity index (χ2v) is 5.08. The van der Waals surface area contributed by atoms with E-state index in [1.165, 1.54) is 9.75 Å². The third-order valence-corrected chi connectivity index (χ3v) is 3.82. The number of hydrogen-bond donors (Lipinski definition) is 1. The van der Waals surface area contributed by atoms with Gasteiger partial charge in [0, 0.05) is 9.75 Å². The molecule has 0 atom stereocenters. The van der Waals surface area contributed by atoms with E-state index in [-0.39, 0.29) is 0 Å². The van der Waals surface area contributed by atoms with E-state index in [9.17, 15) is 0 Å². The molecule has 0 unspecified atom stereocenters. The summed E-state index contributed by atoms with van der Waals surface area (Å²) >= 11 is 5.11. The third kappa shape index (κ3) is 2.38. The molecule has 6 heteroatoms. The summed E-state index contributed by atoms with van der Waals surface area (Å²) in [5.41, 5.74) is 5.49. The minimum atomic E-state index is 0.300. The van der Waals surface area contributed by atoms with Gasteiger partial charge in [0.25, 0.3) is 0 Å². The van der Waals surface area contributed by atoms with Crippen molar-refractivity contribution in [3.8, 4) is 0 Å². The lowest BCUT2D eigenvalue weighted by Crippen LogP contribution is -2.01. The van der Waals surface area contributed by atoms with Crippen molar-refractivity contribution >= 4 is 33.2 Å². The van der Waals surface area contributed by atoms with E-state index in [2.05, 4.69) is 45.1 Å². The van der Waals surface area contributed by atoms with Gasteiger partial charge in [-0.3, -0.25) is 0 Å². The van der Waals surface area contributed by atoms with Crippen molar-refractivity contribution in [1.82, 2.24) is 14.8 Å². The molecule has 0 aliphatic heterocycles. The molecule has 2 heterocycles. The van der Waals surface area contributed by atoms with E-state index in [1.54, 1.807) is 16.0 Å². The zero-order valence-electron chi connectivity index (χ0n) is 8.27. The predicted octanol–water partition coefficient (Wildman–Crippen LogP) is 2.29. The molecular formula is C9H11BrN4S. The number of aromatic nitrogens is 3. The molecule has 0 saturated carbocycles. The van der Waals surface area contributed by atoms with Crippen molar-refractivity contribution in [2.75, 3.05) is 5.73 Å². The lowest BCUT2D eigenvalue weighted by molar-refractivity contribution is 0.677. The highest BCUT2D eigenvalue weighted by molar-refractivity contribution is 9.10. The van der Waals surface area contributed by atoms with Crippen LogP contribution in [0.15, 0.2) is 16.9 Å². The molecule has 0 radical (unpaired) electrons. The molecule has 2 N–H and O–H groups in total. The molecule has 0 aliphatic carbocycles. The van der Waals surface area contributed by atoms with Gasteiger partial charge in [0.05, 0.1) is 6.54 Å². The fourth-order valence-corrected chi connectivity index (χ4v) is 2.61. The van der Waals surface area contributed by atoms with Gasteiger partial charge in [-0.1, -0.05) is 6.92 Å². The summed E-state index contributed by atoms with van der Waals surface area (Å²) in [7, 11) is 0. The second kappa shape index (κ2) is 4.32. The highest BCUT2D eigenvalue weighted by atomic mass is 79.9. The maximum Gasteiger partial charge on any atom is 0.240 e. The third-order valence-electron chi connectivity index (χ3n) is 2.01. The standard InChI is InChI=1S/C9H11BrN4S/c1-2-6-3-4-7(15-6)5-14-8(10)12-9(11)13-14/h3-4H,2,5H2,1H3,(H2,11,13). The van der Waals surface area contributed by atoms with E-state index in [4.69, 9.17) is 5.73 Å². The summed E-state index contributed by atoms with van der Waals surface area (Å²) in [5, 5.41) is 4.08. The highest BCUT2D eigenvalue weighted by Crippen LogP contribution is 2.19. The smallest absolute Gasteiger partial charge is 0.240 e. The minimum Gasteiger partial charge on any atom is -0.366 e. The van der Waals surface area contributed by atoms with Crippen LogP contribution in [0.4, 0.5) is 5.95 Å². The zero-order valence-corrected chi connectivity index (χ0v) is 10.7. The molecule has 0 aromatic carbocycles. The Labute approximate surface area is 100 Å². The average molecular weight is 287 g/mol. The monoisotopic (exact) mass is 286 g/mol. The van der Waals surface area contributed by atoms with Gasteiger partial charge in [-0.25, -0.2) is 4.68 Å². The lowest BCUT2D eigenvalue weighted by atomic mass is 10.4. The topological polar surface area (TPSA) is 56.7 Å². The van der Waals surface area contributed by atoms with Crippen LogP contribution in [0.1, 0.15) is 16.7 Å². The minimum absolute atomic E-state index is 0.300. The quantitative estimate of drug-likeness (QED) is 0.942. The molecule has 2 aromatic heterocycles. The maximum absolute atomic E-state index is 5.49. The number of anilines is 1. The van der Waals surface area contributed by atoms with E-state index < -0.39 is 0 Å². The summed E-state index contributed by atoms with van der Waals surface area (Å²) in [6.07, 6.45) is 1.07. The van der Waals surface area contributed by atoms with Crippen LogP contribution in [-0.2, 0) is 13.0 Å². The van der Waals surface area contributed by atoms with E-state index in [0.29, 0.717) is 10.7 Å². The molecule has 0 amide bonds. The lowest BCUT2D eigenvalue weighted by Gasteiger charge is -1.97. The summed E-state index contributed by atoms with van der Waals surface area (Å²) < 4.78 is 2.42. The van der Waals surface area contributed by atoms with Crippen molar-refractivity contribution in [1.29, 1.82) is 0 Å². The molecule has 0 aliphatic rings. The summed E-state index contributed by atoms with van der Waals surface area (Å²) in [6, 6.07) is 4.27. The molecule has 4 nitrogen and oxygen atoms in total. The fraction of sp³-hybridized carbons (Fsp3) is 0.333. The van der Waals surface area contributed by atoms with Gasteiger partial charge in [-0.05, 0) is 34.5 Å². The largest absolute Gasteiger partial charge is 0.366 e. The Morgan fingerprint density at radius 3 is 2.73 bits per heavy atom. The van der Waals surface area contributed by atoms with Crippen molar-refractivity contribution in [3.63, 3.8) is 0 Å². The Bertz CT molecular complexity index is 462. The van der Waals surface area contributed by atoms with Crippen LogP contribution in [-0.4, -0.2) is 14.8 Å². The number of halogens is 1. The Morgan fingerprint density at radius 1 is 1.47 bits per heavy atom. The van der Waals surface area contributed by atoms with Crippen molar-refractivity contribution < 1.29 is 0 Å². The van der Waals surface area contributed by atoms with E-state index in [0.717, 1.165) is 13.0 Å². The van der Waals surface area contributed by atoms with Crippen LogP contribution in [0.2, 0.25) is 0 Å². The Morgan fingerprint density at radius 2 is 2.20 bits per heavy atom. The normalized spacial score (nSPS) is 10.8. The predicted molar refractivity (Wildman–Crippen MR) is 64.9 cm³/mol. The van der Waals surface area contributed by atoms with E-state index in [1.807, 2.05) is 0 Å². The van der Waals surface area contributed by atoms with Crippen LogP contribution in [0.5, 0.6) is 0 Å². The molecule has 0 saturated heterocycles. The summed E-state index contributed by atoms with van der Waals surface area (Å²) in [5.74, 6) is 0.300. The average Bonchev–Trinajstić information content (AvgIpc) is 2.75. The second-order valence-electron chi connectivity index (χ2n) is 3.12. The number of rotatable bonds is 3. The van der Waals surface area contributed by atoms with Crippen molar-refractivity contribution in [3.05, 3.63) is 26.6 Å². The molecule has 0 spiro atoms. The molecular weight excluding hydrogens is 276 g/mol. The number of hydrogen-bond acceptors (Lipinski definition) is 4. The summed E-state index contributed by atoms with van der Waals surface area (Å²) in [6.45, 7) is 2.87. The van der Waals surface area contributed by atoms with Gasteiger partial charge in [-0.15, -0.1) is 16.4 Å². The molecule has 2 aromatic rings. The fourth-order valence-electron chi connectivity index (χ4n) is 1.29. The van der Waals surface area contributed by atoms with Gasteiger partial charge >= 0.3 is 0 Å². The Hall–Kier alpha value is -0.880. The Kier molecular flexibility index (Phi) is 3.06. The highest BCUT2D eigenvalue weighted by Gasteiger charge is 2.06. The van der Waals surface area contributed by atoms with Gasteiger partial charge in [0.1, 0.15) is 0 Å². The first kappa shape index (κ1) is 10.6. The molecule has 0 fully saturated rings. The number of nitrogens with two attached hydrogens (primary N) is 1. The van der Waals surface area contributed by atoms with Crippen LogP contribution >= 0.6 is 27.3 Å². The number of nitrogen functional groups attached to an aromatic ring is 1. The zero-order chi connectivity index (χ0) is 10.8. The first-order valence-corrected chi connectivity index (χ1v) is 6.23. The van der Waals surface area contributed by atoms with Crippen LogP contribution in [0.25, 0.3) is 0 Å². The SMILES string of the molecule is CCc1ccc(Cn2nc(N)nc2Br)s1. The first-order valence-electron chi connectivity index (χ1n) is 4.62. The summed E-state index contributed by atoms with van der Waals surface area (Å²) in [4.78, 5) is 6.63. The number of thiophene rings is 1. The van der Waals surface area contributed by atoms with Crippen LogP contribution in [0, 0.1) is 0 Å². The number of aryl methyl sites for hydroxylation is 1. The van der Waals surface area contributed by atoms with Crippen LogP contribution < -0.4 is 5.73 Å². The van der Waals surface area contributed by atoms with E-state index >= 15 is 0 Å². The van der Waals surface area contributed by atoms with Gasteiger partial charge in [0.15, 0.2) is 4.73 Å². The molecule has 0 bridgehead atoms. The molecule has 2 rings (SSSR count). The molecule has 80 valence electrons. The molecule has 15 heavy (non-hydrogen) atoms. The maximum atomic E-state index is 5.49. The van der Waals surface area contributed by atoms with Crippen molar-refractivity contribution in [2.45, 2.75) is 19.9 Å². The van der Waals surface area contributed by atoms with Gasteiger partial charge in [0.2, 0.25) is 5.95 Å². The van der Waals surface area contributed by atoms with Crippen molar-refractivity contribution in [2.24, 2.45) is 0 Å². The first-order chi connectivity index (χ1) is 7.19. The van der Waals surface area contributed by atoms with Crippen LogP contribution in [0.3, 0.4) is 0 Å². The van der Waals surface area contributed by atoms with Gasteiger partial charge in [-0.2, -0.15) is 4.98 Å². The number of nitrogens with zero attached hydrogens (tertiary/aromatic N) is 3. The van der Waals surface area contributed by atoms with Gasteiger partial charge < -0.3 is 5.73 Å². The Balaban J connectivity index is 2.17.